The van der Waals surface area contributed by atoms with Crippen molar-refractivity contribution < 1.29 is 14.3 Å². The van der Waals surface area contributed by atoms with Crippen LogP contribution in [-0.2, 0) is 6.54 Å². The first-order valence-electron chi connectivity index (χ1n) is 8.85. The second kappa shape index (κ2) is 7.31. The van der Waals surface area contributed by atoms with Gasteiger partial charge in [0.2, 0.25) is 0 Å². The Morgan fingerprint density at radius 3 is 2.96 bits per heavy atom. The molecule has 7 heteroatoms. The maximum absolute atomic E-state index is 12.9. The Balaban J connectivity index is 1.48. The first-order valence-corrected chi connectivity index (χ1v) is 8.85. The lowest BCUT2D eigenvalue weighted by Crippen LogP contribution is -2.54. The van der Waals surface area contributed by atoms with Crippen molar-refractivity contribution in [2.24, 2.45) is 0 Å². The summed E-state index contributed by atoms with van der Waals surface area (Å²) in [7, 11) is 0. The van der Waals surface area contributed by atoms with Gasteiger partial charge in [0.25, 0.3) is 5.91 Å². The van der Waals surface area contributed by atoms with Gasteiger partial charge in [-0.2, -0.15) is 0 Å². The number of amides is 1. The zero-order chi connectivity index (χ0) is 17.9. The fourth-order valence-corrected chi connectivity index (χ4v) is 3.51. The Kier molecular flexibility index (Phi) is 4.73. The number of rotatable bonds is 5. The van der Waals surface area contributed by atoms with Crippen molar-refractivity contribution >= 4 is 11.6 Å². The summed E-state index contributed by atoms with van der Waals surface area (Å²) in [6.45, 7) is 2.73. The number of hydrogen-bond donors (Lipinski definition) is 1. The summed E-state index contributed by atoms with van der Waals surface area (Å²) in [5, 5.41) is 9.43. The van der Waals surface area contributed by atoms with Crippen LogP contribution in [0.5, 0.6) is 0 Å². The molecule has 0 bridgehead atoms. The molecule has 136 valence electrons. The summed E-state index contributed by atoms with van der Waals surface area (Å²) < 4.78 is 7.30. The number of aliphatic hydroxyl groups is 1. The molecule has 1 aliphatic rings. The first kappa shape index (κ1) is 16.8. The summed E-state index contributed by atoms with van der Waals surface area (Å²) >= 11 is 0. The zero-order valence-corrected chi connectivity index (χ0v) is 14.5. The summed E-state index contributed by atoms with van der Waals surface area (Å²) in [5.41, 5.74) is 1.22. The molecule has 7 nitrogen and oxygen atoms in total. The molecule has 1 fully saturated rings. The first-order chi connectivity index (χ1) is 12.7. The van der Waals surface area contributed by atoms with Crippen LogP contribution >= 0.6 is 0 Å². The van der Waals surface area contributed by atoms with Crippen LogP contribution in [0, 0.1) is 0 Å². The second-order valence-electron chi connectivity index (χ2n) is 6.56. The predicted octanol–water partition coefficient (Wildman–Crippen LogP) is 1.64. The van der Waals surface area contributed by atoms with Gasteiger partial charge in [0.05, 0.1) is 12.8 Å². The van der Waals surface area contributed by atoms with E-state index in [0.29, 0.717) is 31.7 Å². The van der Waals surface area contributed by atoms with Crippen LogP contribution < -0.4 is 0 Å². The van der Waals surface area contributed by atoms with E-state index in [-0.39, 0.29) is 18.6 Å². The molecule has 0 aliphatic carbocycles. The SMILES string of the molecule is O=C(c1cn2ccccc2n1)N1CCN(Cc2ccco2)C(CCO)C1. The molecule has 3 aromatic rings. The van der Waals surface area contributed by atoms with Gasteiger partial charge in [0, 0.05) is 44.7 Å². The van der Waals surface area contributed by atoms with Crippen molar-refractivity contribution in [2.75, 3.05) is 26.2 Å². The smallest absolute Gasteiger partial charge is 0.274 e. The molecule has 26 heavy (non-hydrogen) atoms. The molecule has 0 saturated carbocycles. The van der Waals surface area contributed by atoms with Gasteiger partial charge in [0.1, 0.15) is 17.1 Å². The highest BCUT2D eigenvalue weighted by Gasteiger charge is 2.31. The van der Waals surface area contributed by atoms with Crippen LogP contribution in [0.15, 0.2) is 53.4 Å². The predicted molar refractivity (Wildman–Crippen MR) is 95.7 cm³/mol. The quantitative estimate of drug-likeness (QED) is 0.754. The van der Waals surface area contributed by atoms with E-state index >= 15 is 0 Å². The molecule has 1 aliphatic heterocycles. The number of piperazine rings is 1. The van der Waals surface area contributed by atoms with Crippen molar-refractivity contribution in [1.82, 2.24) is 19.2 Å². The molecule has 4 heterocycles. The third-order valence-electron chi connectivity index (χ3n) is 4.88. The average Bonchev–Trinajstić information content (AvgIpc) is 3.32. The fourth-order valence-electron chi connectivity index (χ4n) is 3.51. The van der Waals surface area contributed by atoms with Gasteiger partial charge in [-0.3, -0.25) is 9.69 Å². The van der Waals surface area contributed by atoms with Gasteiger partial charge >= 0.3 is 0 Å². The van der Waals surface area contributed by atoms with Gasteiger partial charge < -0.3 is 18.8 Å². The molecule has 1 amide bonds. The molecule has 1 unspecified atom stereocenters. The van der Waals surface area contributed by atoms with Crippen LogP contribution in [0.25, 0.3) is 5.65 Å². The van der Waals surface area contributed by atoms with Crippen molar-refractivity contribution in [3.63, 3.8) is 0 Å². The van der Waals surface area contributed by atoms with E-state index in [1.807, 2.05) is 45.8 Å². The molecule has 3 aromatic heterocycles. The summed E-state index contributed by atoms with van der Waals surface area (Å²) in [6.07, 6.45) is 5.94. The highest BCUT2D eigenvalue weighted by Crippen LogP contribution is 2.19. The number of aromatic nitrogens is 2. The number of nitrogens with zero attached hydrogens (tertiary/aromatic N) is 4. The van der Waals surface area contributed by atoms with E-state index in [4.69, 9.17) is 4.42 Å². The Hall–Kier alpha value is -2.64. The Morgan fingerprint density at radius 2 is 2.19 bits per heavy atom. The number of hydrogen-bond acceptors (Lipinski definition) is 5. The van der Waals surface area contributed by atoms with Gasteiger partial charge in [-0.15, -0.1) is 0 Å². The number of carbonyl (C=O) groups is 1. The number of pyridine rings is 1. The van der Waals surface area contributed by atoms with E-state index in [0.717, 1.165) is 18.0 Å². The Bertz CT molecular complexity index is 841. The van der Waals surface area contributed by atoms with Crippen molar-refractivity contribution in [3.05, 3.63) is 60.4 Å². The maximum atomic E-state index is 12.9. The molecule has 0 aromatic carbocycles. The molecule has 4 rings (SSSR count). The normalized spacial score (nSPS) is 18.5. The fraction of sp³-hybridized carbons (Fsp3) is 0.368. The Labute approximate surface area is 151 Å². The van der Waals surface area contributed by atoms with E-state index in [2.05, 4.69) is 9.88 Å². The van der Waals surface area contributed by atoms with Crippen LogP contribution in [-0.4, -0.2) is 62.5 Å². The second-order valence-corrected chi connectivity index (χ2v) is 6.56. The van der Waals surface area contributed by atoms with Gasteiger partial charge in [-0.1, -0.05) is 6.07 Å². The minimum Gasteiger partial charge on any atom is -0.468 e. The summed E-state index contributed by atoms with van der Waals surface area (Å²) in [4.78, 5) is 21.4. The summed E-state index contributed by atoms with van der Waals surface area (Å²) in [6, 6.07) is 9.62. The third kappa shape index (κ3) is 3.36. The van der Waals surface area contributed by atoms with Crippen LogP contribution in [0.4, 0.5) is 0 Å². The van der Waals surface area contributed by atoms with E-state index < -0.39 is 0 Å². The maximum Gasteiger partial charge on any atom is 0.274 e. The molecule has 0 radical (unpaired) electrons. The van der Waals surface area contributed by atoms with E-state index in [1.54, 1.807) is 12.5 Å². The van der Waals surface area contributed by atoms with Crippen LogP contribution in [0.2, 0.25) is 0 Å². The third-order valence-corrected chi connectivity index (χ3v) is 4.88. The number of furan rings is 1. The number of imidazole rings is 1. The lowest BCUT2D eigenvalue weighted by Gasteiger charge is -2.40. The monoisotopic (exact) mass is 354 g/mol. The molecule has 1 saturated heterocycles. The van der Waals surface area contributed by atoms with Gasteiger partial charge in [-0.05, 0) is 30.7 Å². The molecule has 1 atom stereocenters. The van der Waals surface area contributed by atoms with Crippen LogP contribution in [0.3, 0.4) is 0 Å². The van der Waals surface area contributed by atoms with Crippen LogP contribution in [0.1, 0.15) is 22.7 Å². The largest absolute Gasteiger partial charge is 0.468 e. The number of aliphatic hydroxyl groups excluding tert-OH is 1. The number of carbonyl (C=O) groups excluding carboxylic acids is 1. The molecular weight excluding hydrogens is 332 g/mol. The number of fused-ring (bicyclic) bond motifs is 1. The topological polar surface area (TPSA) is 74.2 Å². The minimum atomic E-state index is -0.0608. The molecule has 1 N–H and O–H groups in total. The van der Waals surface area contributed by atoms with E-state index in [9.17, 15) is 9.90 Å². The highest BCUT2D eigenvalue weighted by molar-refractivity contribution is 5.93. The molecular formula is C19H22N4O3. The highest BCUT2D eigenvalue weighted by atomic mass is 16.3. The summed E-state index contributed by atoms with van der Waals surface area (Å²) in [5.74, 6) is 0.836. The standard InChI is InChI=1S/C19H22N4O3/c24-10-6-15-12-23(9-8-21(15)13-16-4-3-11-26-16)19(25)17-14-22-7-2-1-5-18(22)20-17/h1-5,7,11,14-15,24H,6,8-10,12-13H2. The minimum absolute atomic E-state index is 0.0608. The van der Waals surface area contributed by atoms with Gasteiger partial charge in [0.15, 0.2) is 0 Å². The van der Waals surface area contributed by atoms with Crippen molar-refractivity contribution in [2.45, 2.75) is 19.0 Å². The Morgan fingerprint density at radius 1 is 1.27 bits per heavy atom. The average molecular weight is 354 g/mol. The lowest BCUT2D eigenvalue weighted by molar-refractivity contribution is 0.0369. The van der Waals surface area contributed by atoms with Crippen molar-refractivity contribution in [3.8, 4) is 0 Å². The van der Waals surface area contributed by atoms with Crippen molar-refractivity contribution in [1.29, 1.82) is 0 Å². The zero-order valence-electron chi connectivity index (χ0n) is 14.5. The lowest BCUT2D eigenvalue weighted by atomic mass is 10.1. The van der Waals surface area contributed by atoms with Gasteiger partial charge in [-0.25, -0.2) is 4.98 Å². The molecule has 0 spiro atoms. The van der Waals surface area contributed by atoms with E-state index in [1.165, 1.54) is 0 Å².